The van der Waals surface area contributed by atoms with Crippen molar-refractivity contribution in [1.29, 1.82) is 0 Å². The third-order valence-corrected chi connectivity index (χ3v) is 2.34. The van der Waals surface area contributed by atoms with E-state index in [0.29, 0.717) is 6.54 Å². The third-order valence-electron chi connectivity index (χ3n) is 1.44. The summed E-state index contributed by atoms with van der Waals surface area (Å²) in [6.45, 7) is 3.33. The molecule has 0 aliphatic carbocycles. The molecule has 0 radical (unpaired) electrons. The molecule has 0 amide bonds. The van der Waals surface area contributed by atoms with Crippen LogP contribution in [0.5, 0.6) is 0 Å². The van der Waals surface area contributed by atoms with Crippen molar-refractivity contribution in [2.24, 2.45) is 0 Å². The first-order chi connectivity index (χ1) is 6.06. The van der Waals surface area contributed by atoms with Gasteiger partial charge in [-0.25, -0.2) is 0 Å². The van der Waals surface area contributed by atoms with Crippen LogP contribution in [0.25, 0.3) is 0 Å². The molecule has 0 aliphatic heterocycles. The Balaban J connectivity index is 3.00. The molecule has 0 bridgehead atoms. The quantitative estimate of drug-likeness (QED) is 0.655. The first-order valence-electron chi connectivity index (χ1n) is 4.41. The van der Waals surface area contributed by atoms with Gasteiger partial charge in [0.05, 0.1) is 0 Å². The van der Waals surface area contributed by atoms with Crippen LogP contribution in [-0.2, 0) is 0 Å². The molecule has 0 heterocycles. The highest BCUT2D eigenvalue weighted by Gasteiger charge is 2.25. The van der Waals surface area contributed by atoms with Crippen molar-refractivity contribution >= 4 is 11.8 Å². The summed E-state index contributed by atoms with van der Waals surface area (Å²) in [6.07, 6.45) is -4.50. The van der Waals surface area contributed by atoms with Crippen LogP contribution in [0.15, 0.2) is 0 Å². The maximum absolute atomic E-state index is 11.7. The minimum atomic E-state index is -4.00. The Morgan fingerprint density at radius 1 is 1.23 bits per heavy atom. The van der Waals surface area contributed by atoms with Gasteiger partial charge in [-0.05, 0) is 18.7 Å². The van der Waals surface area contributed by atoms with E-state index in [9.17, 15) is 13.2 Å². The summed E-state index contributed by atoms with van der Waals surface area (Å²) in [5, 5.41) is 2.97. The number of hydrogen-bond acceptors (Lipinski definition) is 2. The largest absolute Gasteiger partial charge is 0.389 e. The number of nitrogens with one attached hydrogen (secondary N) is 1. The zero-order valence-corrected chi connectivity index (χ0v) is 8.60. The monoisotopic (exact) mass is 215 g/mol. The van der Waals surface area contributed by atoms with Gasteiger partial charge in [-0.2, -0.15) is 24.9 Å². The Morgan fingerprint density at radius 2 is 1.92 bits per heavy atom. The first kappa shape index (κ1) is 13.1. The number of halogens is 3. The molecule has 5 heteroatoms. The molecule has 0 spiro atoms. The van der Waals surface area contributed by atoms with Crippen LogP contribution < -0.4 is 5.32 Å². The van der Waals surface area contributed by atoms with Gasteiger partial charge in [0, 0.05) is 18.7 Å². The molecular weight excluding hydrogens is 199 g/mol. The predicted molar refractivity (Wildman–Crippen MR) is 51.2 cm³/mol. The molecule has 0 rings (SSSR count). The summed E-state index contributed by atoms with van der Waals surface area (Å²) in [4.78, 5) is 0. The summed E-state index contributed by atoms with van der Waals surface area (Å²) < 4.78 is 35.0. The smallest absolute Gasteiger partial charge is 0.316 e. The Hall–Kier alpha value is 0.100. The van der Waals surface area contributed by atoms with Gasteiger partial charge in [-0.15, -0.1) is 0 Å². The maximum Gasteiger partial charge on any atom is 0.389 e. The minimum absolute atomic E-state index is 0.181. The molecule has 0 aliphatic rings. The SMILES string of the molecule is CCSCCNCCCC(F)(F)F. The standard InChI is InChI=1S/C8H16F3NS/c1-2-13-7-6-12-5-3-4-8(9,10)11/h12H,2-7H2,1H3. The molecular formula is C8H16F3NS. The summed E-state index contributed by atoms with van der Waals surface area (Å²) in [5.41, 5.74) is 0. The van der Waals surface area contributed by atoms with E-state index < -0.39 is 12.6 Å². The molecule has 0 atom stereocenters. The summed E-state index contributed by atoms with van der Waals surface area (Å²) in [5.74, 6) is 2.03. The first-order valence-corrected chi connectivity index (χ1v) is 5.57. The normalized spacial score (nSPS) is 12.0. The fraction of sp³-hybridized carbons (Fsp3) is 1.00. The highest BCUT2D eigenvalue weighted by molar-refractivity contribution is 7.99. The average molecular weight is 215 g/mol. The van der Waals surface area contributed by atoms with Crippen LogP contribution in [0, 0.1) is 0 Å². The third kappa shape index (κ3) is 12.1. The Labute approximate surface area is 81.5 Å². The topological polar surface area (TPSA) is 12.0 Å². The molecule has 13 heavy (non-hydrogen) atoms. The van der Waals surface area contributed by atoms with E-state index in [1.165, 1.54) is 0 Å². The highest BCUT2D eigenvalue weighted by Crippen LogP contribution is 2.20. The van der Waals surface area contributed by atoms with Gasteiger partial charge >= 0.3 is 6.18 Å². The summed E-state index contributed by atoms with van der Waals surface area (Å²) >= 11 is 1.79. The maximum atomic E-state index is 11.7. The van der Waals surface area contributed by atoms with Gasteiger partial charge in [0.25, 0.3) is 0 Å². The molecule has 0 aromatic rings. The lowest BCUT2D eigenvalue weighted by Gasteiger charge is -2.06. The number of thioether (sulfide) groups is 1. The fourth-order valence-corrected chi connectivity index (χ4v) is 1.40. The lowest BCUT2D eigenvalue weighted by molar-refractivity contribution is -0.135. The van der Waals surface area contributed by atoms with Gasteiger partial charge in [-0.3, -0.25) is 0 Å². The van der Waals surface area contributed by atoms with Crippen molar-refractivity contribution in [2.75, 3.05) is 24.6 Å². The van der Waals surface area contributed by atoms with E-state index in [0.717, 1.165) is 18.1 Å². The molecule has 0 saturated carbocycles. The lowest BCUT2D eigenvalue weighted by atomic mass is 10.3. The summed E-state index contributed by atoms with van der Waals surface area (Å²) in [6, 6.07) is 0. The number of rotatable bonds is 7. The van der Waals surface area contributed by atoms with Crippen LogP contribution in [0.4, 0.5) is 13.2 Å². The van der Waals surface area contributed by atoms with Gasteiger partial charge in [0.2, 0.25) is 0 Å². The van der Waals surface area contributed by atoms with Crippen molar-refractivity contribution in [3.8, 4) is 0 Å². The van der Waals surface area contributed by atoms with Crippen molar-refractivity contribution in [1.82, 2.24) is 5.32 Å². The van der Waals surface area contributed by atoms with E-state index in [2.05, 4.69) is 12.2 Å². The highest BCUT2D eigenvalue weighted by atomic mass is 32.2. The Morgan fingerprint density at radius 3 is 2.46 bits per heavy atom. The van der Waals surface area contributed by atoms with Gasteiger partial charge in [0.1, 0.15) is 0 Å². The molecule has 1 N–H and O–H groups in total. The minimum Gasteiger partial charge on any atom is -0.316 e. The molecule has 1 nitrogen and oxygen atoms in total. The molecule has 0 aromatic heterocycles. The van der Waals surface area contributed by atoms with E-state index >= 15 is 0 Å². The lowest BCUT2D eigenvalue weighted by Crippen LogP contribution is -2.20. The van der Waals surface area contributed by atoms with E-state index in [1.807, 2.05) is 0 Å². The average Bonchev–Trinajstić information content (AvgIpc) is 2.01. The van der Waals surface area contributed by atoms with Gasteiger partial charge in [0.15, 0.2) is 0 Å². The Bertz CT molecular complexity index is 116. The number of hydrogen-bond donors (Lipinski definition) is 1. The zero-order chi connectivity index (χ0) is 10.2. The molecule has 0 saturated heterocycles. The predicted octanol–water partition coefficient (Wildman–Crippen LogP) is 2.67. The molecule has 0 unspecified atom stereocenters. The van der Waals surface area contributed by atoms with E-state index in [-0.39, 0.29) is 6.42 Å². The van der Waals surface area contributed by atoms with Crippen molar-refractivity contribution in [2.45, 2.75) is 25.9 Å². The van der Waals surface area contributed by atoms with Crippen LogP contribution >= 0.6 is 11.8 Å². The zero-order valence-electron chi connectivity index (χ0n) is 7.78. The van der Waals surface area contributed by atoms with Gasteiger partial charge in [-0.1, -0.05) is 6.92 Å². The fourth-order valence-electron chi connectivity index (χ4n) is 0.828. The number of alkyl halides is 3. The van der Waals surface area contributed by atoms with Crippen molar-refractivity contribution in [3.05, 3.63) is 0 Å². The second kappa shape index (κ2) is 7.50. The van der Waals surface area contributed by atoms with E-state index in [4.69, 9.17) is 0 Å². The second-order valence-corrected chi connectivity index (χ2v) is 4.06. The molecule has 80 valence electrons. The van der Waals surface area contributed by atoms with Crippen LogP contribution in [0.2, 0.25) is 0 Å². The summed E-state index contributed by atoms with van der Waals surface area (Å²) in [7, 11) is 0. The van der Waals surface area contributed by atoms with Crippen molar-refractivity contribution in [3.63, 3.8) is 0 Å². The van der Waals surface area contributed by atoms with Crippen LogP contribution in [0.3, 0.4) is 0 Å². The van der Waals surface area contributed by atoms with E-state index in [1.54, 1.807) is 11.8 Å². The van der Waals surface area contributed by atoms with Crippen LogP contribution in [0.1, 0.15) is 19.8 Å². The second-order valence-electron chi connectivity index (χ2n) is 2.67. The van der Waals surface area contributed by atoms with Crippen LogP contribution in [-0.4, -0.2) is 30.8 Å². The molecule has 0 fully saturated rings. The Kier molecular flexibility index (Phi) is 7.56. The van der Waals surface area contributed by atoms with Crippen molar-refractivity contribution < 1.29 is 13.2 Å². The van der Waals surface area contributed by atoms with Gasteiger partial charge < -0.3 is 5.32 Å². The molecule has 0 aromatic carbocycles.